The highest BCUT2D eigenvalue weighted by molar-refractivity contribution is 6.11. The van der Waals surface area contributed by atoms with Gasteiger partial charge in [0.1, 0.15) is 11.6 Å². The lowest BCUT2D eigenvalue weighted by Gasteiger charge is -2.16. The van der Waals surface area contributed by atoms with Gasteiger partial charge in [-0.1, -0.05) is 0 Å². The zero-order valence-corrected chi connectivity index (χ0v) is 16.3. The molecular formula is C20H12F6N4O3. The number of alkyl halides is 5. The second kappa shape index (κ2) is 8.56. The summed E-state index contributed by atoms with van der Waals surface area (Å²) in [6.45, 7) is -4.84. The van der Waals surface area contributed by atoms with Gasteiger partial charge in [-0.15, -0.1) is 0 Å². The van der Waals surface area contributed by atoms with E-state index in [0.29, 0.717) is 5.56 Å². The van der Waals surface area contributed by atoms with Gasteiger partial charge in [0.2, 0.25) is 0 Å². The van der Waals surface area contributed by atoms with Crippen molar-refractivity contribution in [3.05, 3.63) is 59.8 Å². The number of hydrogen-bond donors (Lipinski definition) is 0. The average Bonchev–Trinajstić information content (AvgIpc) is 3.09. The molecule has 1 amide bonds. The van der Waals surface area contributed by atoms with E-state index in [1.165, 1.54) is 23.2 Å². The summed E-state index contributed by atoms with van der Waals surface area (Å²) in [7, 11) is 0. The highest BCUT2D eigenvalue weighted by atomic mass is 19.4. The molecule has 0 saturated carbocycles. The Labute approximate surface area is 181 Å². The number of benzene rings is 1. The van der Waals surface area contributed by atoms with Crippen LogP contribution in [-0.2, 0) is 6.54 Å². The Morgan fingerprint density at radius 2 is 1.79 bits per heavy atom. The average molecular weight is 470 g/mol. The summed E-state index contributed by atoms with van der Waals surface area (Å²) in [5.74, 6) is -1.71. The van der Waals surface area contributed by atoms with Crippen LogP contribution in [0.1, 0.15) is 15.9 Å². The van der Waals surface area contributed by atoms with Crippen LogP contribution in [0.4, 0.5) is 32.0 Å². The number of nitrogens with zero attached hydrogens (tertiary/aromatic N) is 4. The zero-order chi connectivity index (χ0) is 23.8. The molecule has 1 aromatic carbocycles. The quantitative estimate of drug-likeness (QED) is 0.498. The van der Waals surface area contributed by atoms with Crippen molar-refractivity contribution >= 4 is 11.6 Å². The van der Waals surface area contributed by atoms with Crippen molar-refractivity contribution in [1.29, 1.82) is 0 Å². The normalized spacial score (nSPS) is 13.4. The van der Waals surface area contributed by atoms with Crippen molar-refractivity contribution in [2.75, 3.05) is 11.5 Å². The predicted molar refractivity (Wildman–Crippen MR) is 100 cm³/mol. The van der Waals surface area contributed by atoms with E-state index in [1.807, 2.05) is 0 Å². The minimum absolute atomic E-state index is 0.0593. The topological polar surface area (TPSA) is 77.4 Å². The predicted octanol–water partition coefficient (Wildman–Crippen LogP) is 4.38. The molecule has 4 rings (SSSR count). The molecule has 0 bridgehead atoms. The molecule has 172 valence electrons. The molecule has 1 aliphatic rings. The minimum Gasteiger partial charge on any atom is -0.483 e. The van der Waals surface area contributed by atoms with E-state index in [-0.39, 0.29) is 29.1 Å². The van der Waals surface area contributed by atoms with Gasteiger partial charge in [-0.2, -0.15) is 22.0 Å². The lowest BCUT2D eigenvalue weighted by molar-refractivity contribution is -0.153. The van der Waals surface area contributed by atoms with Crippen LogP contribution in [0.15, 0.2) is 42.9 Å². The second-order valence-corrected chi connectivity index (χ2v) is 6.72. The SMILES string of the molecule is O=C1c2ccnc(-c3ccc(F)cc3OCC(F)(F)F)c2CN1c1cnc(OC(F)F)nc1. The van der Waals surface area contributed by atoms with Crippen LogP contribution in [0.3, 0.4) is 0 Å². The summed E-state index contributed by atoms with van der Waals surface area (Å²) in [5.41, 5.74) is 0.887. The van der Waals surface area contributed by atoms with Crippen LogP contribution < -0.4 is 14.4 Å². The Kier molecular flexibility index (Phi) is 5.78. The largest absolute Gasteiger partial charge is 0.483 e. The fourth-order valence-corrected chi connectivity index (χ4v) is 3.23. The number of carbonyl (C=O) groups excluding carboxylic acids is 1. The van der Waals surface area contributed by atoms with E-state index >= 15 is 0 Å². The van der Waals surface area contributed by atoms with Crippen LogP contribution in [0.2, 0.25) is 0 Å². The molecule has 3 aromatic rings. The minimum atomic E-state index is -4.65. The Morgan fingerprint density at radius 1 is 1.06 bits per heavy atom. The third-order valence-corrected chi connectivity index (χ3v) is 4.56. The molecule has 3 heterocycles. The number of halogens is 6. The third kappa shape index (κ3) is 4.81. The summed E-state index contributed by atoms with van der Waals surface area (Å²) in [5, 5.41) is 0. The summed E-state index contributed by atoms with van der Waals surface area (Å²) >= 11 is 0. The lowest BCUT2D eigenvalue weighted by atomic mass is 10.0. The van der Waals surface area contributed by atoms with E-state index in [0.717, 1.165) is 24.5 Å². The van der Waals surface area contributed by atoms with E-state index in [9.17, 15) is 31.1 Å². The molecule has 0 unspecified atom stereocenters. The summed E-state index contributed by atoms with van der Waals surface area (Å²) in [6.07, 6.45) is -1.15. The zero-order valence-electron chi connectivity index (χ0n) is 16.3. The van der Waals surface area contributed by atoms with Crippen molar-refractivity contribution in [2.45, 2.75) is 19.3 Å². The first-order valence-electron chi connectivity index (χ1n) is 9.18. The third-order valence-electron chi connectivity index (χ3n) is 4.56. The van der Waals surface area contributed by atoms with E-state index in [1.54, 1.807) is 0 Å². The second-order valence-electron chi connectivity index (χ2n) is 6.72. The molecule has 0 saturated heterocycles. The van der Waals surface area contributed by atoms with Crippen molar-refractivity contribution in [3.63, 3.8) is 0 Å². The number of carbonyl (C=O) groups is 1. The highest BCUT2D eigenvalue weighted by Gasteiger charge is 2.33. The molecular weight excluding hydrogens is 458 g/mol. The molecule has 13 heteroatoms. The molecule has 0 spiro atoms. The molecule has 0 radical (unpaired) electrons. The maximum absolute atomic E-state index is 13.7. The first-order valence-corrected chi connectivity index (χ1v) is 9.18. The molecule has 7 nitrogen and oxygen atoms in total. The van der Waals surface area contributed by atoms with E-state index < -0.39 is 42.9 Å². The number of pyridine rings is 1. The van der Waals surface area contributed by atoms with Gasteiger partial charge in [-0.25, -0.2) is 14.4 Å². The number of rotatable bonds is 6. The number of aromatic nitrogens is 3. The monoisotopic (exact) mass is 470 g/mol. The maximum atomic E-state index is 13.7. The van der Waals surface area contributed by atoms with E-state index in [4.69, 9.17) is 4.74 Å². The number of anilines is 1. The van der Waals surface area contributed by atoms with Gasteiger partial charge in [-0.05, 0) is 18.2 Å². The van der Waals surface area contributed by atoms with E-state index in [2.05, 4.69) is 19.7 Å². The van der Waals surface area contributed by atoms with Crippen LogP contribution in [0, 0.1) is 5.82 Å². The van der Waals surface area contributed by atoms with Crippen molar-refractivity contribution in [3.8, 4) is 23.0 Å². The van der Waals surface area contributed by atoms with Crippen molar-refractivity contribution < 1.29 is 40.6 Å². The van der Waals surface area contributed by atoms with Crippen LogP contribution in [0.5, 0.6) is 11.8 Å². The summed E-state index contributed by atoms with van der Waals surface area (Å²) < 4.78 is 85.0. The number of ether oxygens (including phenoxy) is 2. The fourth-order valence-electron chi connectivity index (χ4n) is 3.23. The smallest absolute Gasteiger partial charge is 0.422 e. The summed E-state index contributed by atoms with van der Waals surface area (Å²) in [6, 6.07) is 3.86. The Hall–Kier alpha value is -3.90. The van der Waals surface area contributed by atoms with Gasteiger partial charge < -0.3 is 14.4 Å². The maximum Gasteiger partial charge on any atom is 0.422 e. The molecule has 0 atom stereocenters. The number of fused-ring (bicyclic) bond motifs is 1. The Morgan fingerprint density at radius 3 is 2.45 bits per heavy atom. The molecule has 0 N–H and O–H groups in total. The van der Waals surface area contributed by atoms with Gasteiger partial charge in [0, 0.05) is 29.0 Å². The standard InChI is InChI=1S/C20H12F6N4O3/c21-10-1-2-13(15(5-10)32-9-20(24,25)26)16-14-8-30(17(31)12(14)3-4-27-16)11-6-28-19(29-7-11)33-18(22)23/h1-7,18H,8-9H2. The number of amides is 1. The van der Waals surface area contributed by atoms with Crippen LogP contribution in [0.25, 0.3) is 11.3 Å². The fraction of sp³-hybridized carbons (Fsp3) is 0.200. The molecule has 33 heavy (non-hydrogen) atoms. The highest BCUT2D eigenvalue weighted by Crippen LogP contribution is 2.38. The van der Waals surface area contributed by atoms with Gasteiger partial charge in [0.25, 0.3) is 5.91 Å². The lowest BCUT2D eigenvalue weighted by Crippen LogP contribution is -2.23. The van der Waals surface area contributed by atoms with Crippen molar-refractivity contribution in [1.82, 2.24) is 15.0 Å². The van der Waals surface area contributed by atoms with Crippen LogP contribution >= 0.6 is 0 Å². The molecule has 2 aromatic heterocycles. The Balaban J connectivity index is 1.68. The molecule has 1 aliphatic heterocycles. The van der Waals surface area contributed by atoms with Gasteiger partial charge in [0.05, 0.1) is 30.3 Å². The van der Waals surface area contributed by atoms with Crippen LogP contribution in [-0.4, -0.2) is 40.3 Å². The first kappa shape index (κ1) is 22.3. The van der Waals surface area contributed by atoms with Gasteiger partial charge in [-0.3, -0.25) is 9.78 Å². The van der Waals surface area contributed by atoms with Crippen molar-refractivity contribution in [2.24, 2.45) is 0 Å². The van der Waals surface area contributed by atoms with Gasteiger partial charge >= 0.3 is 18.8 Å². The Bertz CT molecular complexity index is 1190. The first-order chi connectivity index (χ1) is 15.6. The van der Waals surface area contributed by atoms with Gasteiger partial charge in [0.15, 0.2) is 6.61 Å². The molecule has 0 aliphatic carbocycles. The number of hydrogen-bond acceptors (Lipinski definition) is 6. The molecule has 0 fully saturated rings. The summed E-state index contributed by atoms with van der Waals surface area (Å²) in [4.78, 5) is 25.5.